The molecule has 0 aliphatic rings. The third-order valence-corrected chi connectivity index (χ3v) is 3.33. The molecule has 0 saturated heterocycles. The van der Waals surface area contributed by atoms with Crippen molar-refractivity contribution in [1.82, 2.24) is 19.4 Å². The summed E-state index contributed by atoms with van der Waals surface area (Å²) in [6, 6.07) is 1.73. The minimum atomic E-state index is -1.14. The Balaban J connectivity index is 2.33. The molecule has 0 unspecified atom stereocenters. The van der Waals surface area contributed by atoms with Crippen molar-refractivity contribution in [2.45, 2.75) is 19.4 Å². The van der Waals surface area contributed by atoms with E-state index < -0.39 is 11.5 Å². The number of hydrogen-bond donors (Lipinski definition) is 1. The van der Waals surface area contributed by atoms with Gasteiger partial charge >= 0.3 is 5.97 Å². The minimum absolute atomic E-state index is 0.502. The number of hydrogen-bond acceptors (Lipinski definition) is 6. The van der Waals surface area contributed by atoms with Crippen molar-refractivity contribution in [2.24, 2.45) is 0 Å². The highest BCUT2D eigenvalue weighted by atomic mass is 32.1. The van der Waals surface area contributed by atoms with E-state index >= 15 is 0 Å². The van der Waals surface area contributed by atoms with Crippen molar-refractivity contribution in [3.63, 3.8) is 0 Å². The van der Waals surface area contributed by atoms with Gasteiger partial charge in [-0.3, -0.25) is 0 Å². The summed E-state index contributed by atoms with van der Waals surface area (Å²) in [5, 5.41) is 16.9. The highest BCUT2D eigenvalue weighted by molar-refractivity contribution is 7.09. The fourth-order valence-electron chi connectivity index (χ4n) is 1.22. The Morgan fingerprint density at radius 3 is 2.83 bits per heavy atom. The molecule has 0 atom stereocenters. The van der Waals surface area contributed by atoms with Gasteiger partial charge in [0.1, 0.15) is 5.69 Å². The predicted molar refractivity (Wildman–Crippen MR) is 64.6 cm³/mol. The lowest BCUT2D eigenvalue weighted by Crippen LogP contribution is -2.36. The van der Waals surface area contributed by atoms with Crippen LogP contribution in [0.2, 0.25) is 0 Å². The number of methoxy groups -OCH3 is 1. The van der Waals surface area contributed by atoms with Gasteiger partial charge in [0.2, 0.25) is 5.88 Å². The maximum atomic E-state index is 11.1. The number of carboxylic acids is 1. The van der Waals surface area contributed by atoms with Crippen LogP contribution in [0.25, 0.3) is 10.6 Å². The second kappa shape index (κ2) is 4.37. The number of carboxylic acid groups (broad SMARTS) is 1. The first kappa shape index (κ1) is 12.5. The van der Waals surface area contributed by atoms with E-state index in [9.17, 15) is 4.79 Å². The fraction of sp³-hybridized carbons (Fsp3) is 0.400. The van der Waals surface area contributed by atoms with E-state index in [1.807, 2.05) is 0 Å². The number of nitrogens with zero attached hydrogens (tertiary/aromatic N) is 4. The molecule has 7 nitrogen and oxygen atoms in total. The molecule has 8 heteroatoms. The normalized spacial score (nSPS) is 11.5. The summed E-state index contributed by atoms with van der Waals surface area (Å²) in [7, 11) is 1.53. The van der Waals surface area contributed by atoms with Gasteiger partial charge in [0.25, 0.3) is 0 Å². The van der Waals surface area contributed by atoms with E-state index in [4.69, 9.17) is 9.84 Å². The second-order valence-corrected chi connectivity index (χ2v) is 4.95. The van der Waals surface area contributed by atoms with Crippen molar-refractivity contribution in [3.8, 4) is 16.5 Å². The van der Waals surface area contributed by atoms with Crippen LogP contribution in [0, 0.1) is 0 Å². The van der Waals surface area contributed by atoms with Crippen LogP contribution in [0.5, 0.6) is 5.88 Å². The molecule has 2 rings (SSSR count). The molecular weight excluding hydrogens is 256 g/mol. The summed E-state index contributed by atoms with van der Waals surface area (Å²) in [5.74, 6) is -0.470. The van der Waals surface area contributed by atoms with Crippen LogP contribution in [0.1, 0.15) is 13.8 Å². The van der Waals surface area contributed by atoms with Gasteiger partial charge in [-0.1, -0.05) is 5.21 Å². The lowest BCUT2D eigenvalue weighted by Gasteiger charge is -2.18. The van der Waals surface area contributed by atoms with Gasteiger partial charge < -0.3 is 9.84 Å². The molecule has 0 aliphatic heterocycles. The molecule has 2 heterocycles. The summed E-state index contributed by atoms with van der Waals surface area (Å²) in [6.45, 7) is 3.11. The number of ether oxygens (including phenoxy) is 1. The van der Waals surface area contributed by atoms with E-state index in [0.29, 0.717) is 11.6 Å². The summed E-state index contributed by atoms with van der Waals surface area (Å²) in [6.07, 6.45) is 1.58. The predicted octanol–water partition coefficient (Wildman–Crippen LogP) is 1.23. The van der Waals surface area contributed by atoms with Crippen LogP contribution in [0.3, 0.4) is 0 Å². The van der Waals surface area contributed by atoms with E-state index in [1.165, 1.54) is 23.3 Å². The summed E-state index contributed by atoms with van der Waals surface area (Å²) in [4.78, 5) is 11.9. The highest BCUT2D eigenvalue weighted by Gasteiger charge is 2.31. The largest absolute Gasteiger partial charge is 0.480 e. The Bertz CT molecular complexity index is 575. The van der Waals surface area contributed by atoms with Crippen LogP contribution in [0.4, 0.5) is 0 Å². The van der Waals surface area contributed by atoms with Crippen molar-refractivity contribution in [3.05, 3.63) is 12.3 Å². The minimum Gasteiger partial charge on any atom is -0.480 e. The van der Waals surface area contributed by atoms with E-state index in [-0.39, 0.29) is 0 Å². The average molecular weight is 268 g/mol. The van der Waals surface area contributed by atoms with Gasteiger partial charge in [0, 0.05) is 6.07 Å². The Kier molecular flexibility index (Phi) is 3.04. The summed E-state index contributed by atoms with van der Waals surface area (Å²) < 4.78 is 10.3. The first-order valence-corrected chi connectivity index (χ1v) is 5.90. The second-order valence-electron chi connectivity index (χ2n) is 4.15. The summed E-state index contributed by atoms with van der Waals surface area (Å²) >= 11 is 1.22. The lowest BCUT2D eigenvalue weighted by molar-refractivity contribution is -0.146. The van der Waals surface area contributed by atoms with Crippen LogP contribution in [-0.4, -0.2) is 37.6 Å². The van der Waals surface area contributed by atoms with Gasteiger partial charge in [0.15, 0.2) is 5.54 Å². The molecule has 0 aliphatic carbocycles. The molecule has 96 valence electrons. The number of carbonyl (C=O) groups is 1. The van der Waals surface area contributed by atoms with Crippen LogP contribution in [-0.2, 0) is 10.3 Å². The molecule has 2 aromatic heterocycles. The molecule has 0 aromatic carbocycles. The number of aliphatic carboxylic acids is 1. The third kappa shape index (κ3) is 2.06. The first-order valence-electron chi connectivity index (χ1n) is 5.12. The smallest absolute Gasteiger partial charge is 0.331 e. The zero-order chi connectivity index (χ0) is 13.3. The number of aromatic nitrogens is 4. The van der Waals surface area contributed by atoms with Gasteiger partial charge in [-0.2, -0.15) is 4.37 Å². The fourth-order valence-corrected chi connectivity index (χ4v) is 1.88. The van der Waals surface area contributed by atoms with Crippen LogP contribution < -0.4 is 4.74 Å². The molecule has 0 saturated carbocycles. The van der Waals surface area contributed by atoms with Gasteiger partial charge in [-0.25, -0.2) is 9.48 Å². The van der Waals surface area contributed by atoms with Crippen molar-refractivity contribution in [1.29, 1.82) is 0 Å². The zero-order valence-electron chi connectivity index (χ0n) is 10.1. The monoisotopic (exact) mass is 268 g/mol. The topological polar surface area (TPSA) is 90.1 Å². The molecular formula is C10H12N4O3S. The maximum absolute atomic E-state index is 11.1. The SMILES string of the molecule is COc1cc(-c2cn(C(C)(C)C(=O)O)nn2)sn1. The van der Waals surface area contributed by atoms with Gasteiger partial charge in [0.05, 0.1) is 18.2 Å². The Hall–Kier alpha value is -1.96. The third-order valence-electron chi connectivity index (χ3n) is 2.54. The molecule has 2 aromatic rings. The summed E-state index contributed by atoms with van der Waals surface area (Å²) in [5.41, 5.74) is -0.565. The molecule has 0 radical (unpaired) electrons. The lowest BCUT2D eigenvalue weighted by atomic mass is 10.1. The standard InChI is InChI=1S/C10H12N4O3S/c1-10(2,9(15)16)14-5-6(11-13-14)7-4-8(17-3)12-18-7/h4-5H,1-3H3,(H,15,16). The Labute approximate surface area is 107 Å². The molecule has 1 N–H and O–H groups in total. The molecule has 0 bridgehead atoms. The average Bonchev–Trinajstić information content (AvgIpc) is 2.97. The zero-order valence-corrected chi connectivity index (χ0v) is 10.9. The molecule has 0 fully saturated rings. The van der Waals surface area contributed by atoms with Crippen molar-refractivity contribution >= 4 is 17.5 Å². The Morgan fingerprint density at radius 2 is 2.28 bits per heavy atom. The maximum Gasteiger partial charge on any atom is 0.331 e. The molecule has 0 spiro atoms. The molecule has 0 amide bonds. The van der Waals surface area contributed by atoms with E-state index in [0.717, 1.165) is 4.88 Å². The van der Waals surface area contributed by atoms with Crippen LogP contribution in [0.15, 0.2) is 12.3 Å². The van der Waals surface area contributed by atoms with Gasteiger partial charge in [-0.15, -0.1) is 5.10 Å². The van der Waals surface area contributed by atoms with Crippen LogP contribution >= 0.6 is 11.5 Å². The van der Waals surface area contributed by atoms with E-state index in [1.54, 1.807) is 26.1 Å². The van der Waals surface area contributed by atoms with Crippen molar-refractivity contribution in [2.75, 3.05) is 7.11 Å². The quantitative estimate of drug-likeness (QED) is 0.897. The van der Waals surface area contributed by atoms with E-state index in [2.05, 4.69) is 14.7 Å². The van der Waals surface area contributed by atoms with Gasteiger partial charge in [-0.05, 0) is 25.4 Å². The number of rotatable bonds is 4. The highest BCUT2D eigenvalue weighted by Crippen LogP contribution is 2.27. The molecule has 18 heavy (non-hydrogen) atoms. The Morgan fingerprint density at radius 1 is 1.56 bits per heavy atom. The van der Waals surface area contributed by atoms with Crippen molar-refractivity contribution < 1.29 is 14.6 Å². The first-order chi connectivity index (χ1) is 8.45.